The summed E-state index contributed by atoms with van der Waals surface area (Å²) in [5, 5.41) is 13.6. The van der Waals surface area contributed by atoms with Crippen molar-refractivity contribution in [2.75, 3.05) is 5.32 Å². The zero-order chi connectivity index (χ0) is 20.3. The van der Waals surface area contributed by atoms with E-state index in [1.807, 2.05) is 13.0 Å². The second-order valence-electron chi connectivity index (χ2n) is 6.20. The average molecular weight is 442 g/mol. The third-order valence-corrected chi connectivity index (χ3v) is 5.04. The summed E-state index contributed by atoms with van der Waals surface area (Å²) >= 11 is 3.40. The SMILES string of the molecule is Cc1cc(NC(=O)c2cccn(Cc3cccc([N+](=O)[O-])c3)c2=O)ccc1Br. The molecule has 1 aromatic heterocycles. The highest BCUT2D eigenvalue weighted by Crippen LogP contribution is 2.20. The number of nitrogens with one attached hydrogen (secondary N) is 1. The molecule has 0 aliphatic heterocycles. The minimum Gasteiger partial charge on any atom is -0.322 e. The summed E-state index contributed by atoms with van der Waals surface area (Å²) < 4.78 is 2.27. The predicted octanol–water partition coefficient (Wildman–Crippen LogP) is 4.13. The molecule has 0 spiro atoms. The summed E-state index contributed by atoms with van der Waals surface area (Å²) in [6.45, 7) is 2.02. The Hall–Kier alpha value is -3.26. The minimum absolute atomic E-state index is 0.00602. The van der Waals surface area contributed by atoms with Crippen LogP contribution in [0.3, 0.4) is 0 Å². The first-order valence-corrected chi connectivity index (χ1v) is 9.15. The molecule has 3 rings (SSSR count). The van der Waals surface area contributed by atoms with Crippen LogP contribution in [-0.4, -0.2) is 15.4 Å². The van der Waals surface area contributed by atoms with Crippen molar-refractivity contribution < 1.29 is 9.72 Å². The molecule has 1 heterocycles. The van der Waals surface area contributed by atoms with Gasteiger partial charge in [-0.15, -0.1) is 0 Å². The molecule has 8 heteroatoms. The Balaban J connectivity index is 1.85. The van der Waals surface area contributed by atoms with Gasteiger partial charge in [-0.3, -0.25) is 19.7 Å². The first-order valence-electron chi connectivity index (χ1n) is 8.35. The van der Waals surface area contributed by atoms with E-state index in [4.69, 9.17) is 0 Å². The van der Waals surface area contributed by atoms with Gasteiger partial charge in [-0.05, 0) is 48.4 Å². The number of pyridine rings is 1. The van der Waals surface area contributed by atoms with Crippen LogP contribution in [-0.2, 0) is 6.54 Å². The normalized spacial score (nSPS) is 10.5. The lowest BCUT2D eigenvalue weighted by Crippen LogP contribution is -2.29. The van der Waals surface area contributed by atoms with Crippen LogP contribution in [0.1, 0.15) is 21.5 Å². The number of aryl methyl sites for hydroxylation is 1. The molecule has 1 N–H and O–H groups in total. The smallest absolute Gasteiger partial charge is 0.269 e. The zero-order valence-corrected chi connectivity index (χ0v) is 16.5. The van der Waals surface area contributed by atoms with E-state index in [1.54, 1.807) is 36.5 Å². The molecule has 0 bridgehead atoms. The molecule has 0 saturated carbocycles. The molecule has 0 radical (unpaired) electrons. The largest absolute Gasteiger partial charge is 0.322 e. The minimum atomic E-state index is -0.514. The van der Waals surface area contributed by atoms with Crippen LogP contribution in [0.2, 0.25) is 0 Å². The Kier molecular flexibility index (Phi) is 5.70. The van der Waals surface area contributed by atoms with Crippen molar-refractivity contribution >= 4 is 33.2 Å². The average Bonchev–Trinajstić information content (AvgIpc) is 2.66. The van der Waals surface area contributed by atoms with Crippen molar-refractivity contribution in [2.24, 2.45) is 0 Å². The molecule has 3 aromatic rings. The Morgan fingerprint density at radius 1 is 1.18 bits per heavy atom. The van der Waals surface area contributed by atoms with E-state index in [0.717, 1.165) is 10.0 Å². The van der Waals surface area contributed by atoms with Crippen molar-refractivity contribution in [3.8, 4) is 0 Å². The molecule has 0 fully saturated rings. The van der Waals surface area contributed by atoms with E-state index < -0.39 is 16.4 Å². The van der Waals surface area contributed by atoms with Gasteiger partial charge in [0.2, 0.25) is 0 Å². The highest BCUT2D eigenvalue weighted by atomic mass is 79.9. The Morgan fingerprint density at radius 3 is 2.68 bits per heavy atom. The number of non-ortho nitro benzene ring substituents is 1. The topological polar surface area (TPSA) is 94.2 Å². The van der Waals surface area contributed by atoms with E-state index in [9.17, 15) is 19.7 Å². The number of rotatable bonds is 5. The fourth-order valence-corrected chi connectivity index (χ4v) is 2.97. The van der Waals surface area contributed by atoms with E-state index >= 15 is 0 Å². The molecule has 28 heavy (non-hydrogen) atoms. The van der Waals surface area contributed by atoms with E-state index in [-0.39, 0.29) is 17.8 Å². The quantitative estimate of drug-likeness (QED) is 0.475. The monoisotopic (exact) mass is 441 g/mol. The number of amides is 1. The van der Waals surface area contributed by atoms with Crippen molar-refractivity contribution in [1.29, 1.82) is 0 Å². The fraction of sp³-hybridized carbons (Fsp3) is 0.100. The lowest BCUT2D eigenvalue weighted by Gasteiger charge is -2.10. The summed E-state index contributed by atoms with van der Waals surface area (Å²) in [5.74, 6) is -0.514. The number of anilines is 1. The summed E-state index contributed by atoms with van der Waals surface area (Å²) in [6.07, 6.45) is 1.54. The molecular weight excluding hydrogens is 426 g/mol. The zero-order valence-electron chi connectivity index (χ0n) is 14.9. The van der Waals surface area contributed by atoms with Gasteiger partial charge in [-0.25, -0.2) is 0 Å². The van der Waals surface area contributed by atoms with Gasteiger partial charge in [0, 0.05) is 28.5 Å². The van der Waals surface area contributed by atoms with Crippen LogP contribution in [0.15, 0.2) is 70.1 Å². The molecule has 0 saturated heterocycles. The van der Waals surface area contributed by atoms with Crippen molar-refractivity contribution in [1.82, 2.24) is 4.57 Å². The van der Waals surface area contributed by atoms with E-state index in [1.165, 1.54) is 22.8 Å². The van der Waals surface area contributed by atoms with Gasteiger partial charge in [-0.2, -0.15) is 0 Å². The number of nitro benzene ring substituents is 1. The van der Waals surface area contributed by atoms with Crippen LogP contribution in [0.5, 0.6) is 0 Å². The van der Waals surface area contributed by atoms with Crippen molar-refractivity contribution in [3.05, 3.63) is 102 Å². The Bertz CT molecular complexity index is 1120. The predicted molar refractivity (Wildman–Crippen MR) is 110 cm³/mol. The summed E-state index contributed by atoms with van der Waals surface area (Å²) in [5.41, 5.74) is 1.60. The second kappa shape index (κ2) is 8.18. The van der Waals surface area contributed by atoms with Gasteiger partial charge in [0.1, 0.15) is 5.56 Å². The number of aromatic nitrogens is 1. The molecule has 1 amide bonds. The third-order valence-electron chi connectivity index (χ3n) is 4.15. The van der Waals surface area contributed by atoms with Crippen LogP contribution < -0.4 is 10.9 Å². The lowest BCUT2D eigenvalue weighted by atomic mass is 10.2. The summed E-state index contributed by atoms with van der Waals surface area (Å²) in [4.78, 5) is 35.7. The fourth-order valence-electron chi connectivity index (χ4n) is 2.72. The lowest BCUT2D eigenvalue weighted by molar-refractivity contribution is -0.384. The van der Waals surface area contributed by atoms with Crippen LogP contribution in [0.25, 0.3) is 0 Å². The summed E-state index contributed by atoms with van der Waals surface area (Å²) in [6, 6.07) is 14.4. The van der Waals surface area contributed by atoms with Crippen LogP contribution in [0.4, 0.5) is 11.4 Å². The highest BCUT2D eigenvalue weighted by molar-refractivity contribution is 9.10. The molecule has 142 valence electrons. The number of hydrogen-bond acceptors (Lipinski definition) is 4. The Labute approximate surface area is 168 Å². The molecule has 0 atom stereocenters. The number of halogens is 1. The van der Waals surface area contributed by atoms with E-state index in [0.29, 0.717) is 11.3 Å². The van der Waals surface area contributed by atoms with Gasteiger partial charge >= 0.3 is 0 Å². The molecule has 0 unspecified atom stereocenters. The number of carbonyl (C=O) groups is 1. The maximum Gasteiger partial charge on any atom is 0.269 e. The second-order valence-corrected chi connectivity index (χ2v) is 7.05. The number of carbonyl (C=O) groups excluding carboxylic acids is 1. The molecule has 0 aliphatic rings. The Morgan fingerprint density at radius 2 is 1.96 bits per heavy atom. The summed E-state index contributed by atoms with van der Waals surface area (Å²) in [7, 11) is 0. The van der Waals surface area contributed by atoms with Gasteiger partial charge < -0.3 is 9.88 Å². The maximum atomic E-state index is 12.7. The number of benzene rings is 2. The van der Waals surface area contributed by atoms with Gasteiger partial charge in [-0.1, -0.05) is 28.1 Å². The van der Waals surface area contributed by atoms with Gasteiger partial charge in [0.15, 0.2) is 0 Å². The highest BCUT2D eigenvalue weighted by Gasteiger charge is 2.14. The molecular formula is C20H16BrN3O4. The first-order chi connectivity index (χ1) is 13.3. The van der Waals surface area contributed by atoms with Gasteiger partial charge in [0.05, 0.1) is 11.5 Å². The molecule has 2 aromatic carbocycles. The third kappa shape index (κ3) is 4.34. The number of hydrogen-bond donors (Lipinski definition) is 1. The van der Waals surface area contributed by atoms with Crippen molar-refractivity contribution in [2.45, 2.75) is 13.5 Å². The number of nitrogens with zero attached hydrogens (tertiary/aromatic N) is 2. The maximum absolute atomic E-state index is 12.7. The number of nitro groups is 1. The van der Waals surface area contributed by atoms with Crippen LogP contribution in [0, 0.1) is 17.0 Å². The van der Waals surface area contributed by atoms with Crippen LogP contribution >= 0.6 is 15.9 Å². The standard InChI is InChI=1S/C20H16BrN3O4/c1-13-10-15(7-8-18(13)21)22-19(25)17-6-3-9-23(20(17)26)12-14-4-2-5-16(11-14)24(27)28/h2-11H,12H2,1H3,(H,22,25). The van der Waals surface area contributed by atoms with E-state index in [2.05, 4.69) is 21.2 Å². The molecule has 0 aliphatic carbocycles. The molecule has 7 nitrogen and oxygen atoms in total. The van der Waals surface area contributed by atoms with Crippen molar-refractivity contribution in [3.63, 3.8) is 0 Å². The van der Waals surface area contributed by atoms with Gasteiger partial charge in [0.25, 0.3) is 17.2 Å². The first kappa shape index (κ1) is 19.5.